The molecule has 0 aliphatic heterocycles. The summed E-state index contributed by atoms with van der Waals surface area (Å²) in [5.74, 6) is 0.170. The minimum absolute atomic E-state index is 0.170. The summed E-state index contributed by atoms with van der Waals surface area (Å²) in [7, 11) is -1.02. The Labute approximate surface area is 112 Å². The van der Waals surface area contributed by atoms with E-state index >= 15 is 0 Å². The van der Waals surface area contributed by atoms with Crippen molar-refractivity contribution in [2.24, 2.45) is 0 Å². The average Bonchev–Trinajstić information content (AvgIpc) is 2.70. The van der Waals surface area contributed by atoms with E-state index in [9.17, 15) is 8.42 Å². The van der Waals surface area contributed by atoms with Gasteiger partial charge >= 0.3 is 0 Å². The van der Waals surface area contributed by atoms with E-state index in [2.05, 4.69) is 22.4 Å². The summed E-state index contributed by atoms with van der Waals surface area (Å²) in [6.07, 6.45) is 2.29. The van der Waals surface area contributed by atoms with Crippen LogP contribution < -0.4 is 5.32 Å². The third-order valence-corrected chi connectivity index (χ3v) is 4.03. The summed E-state index contributed by atoms with van der Waals surface area (Å²) >= 11 is 1.51. The highest BCUT2D eigenvalue weighted by atomic mass is 32.2. The van der Waals surface area contributed by atoms with Gasteiger partial charge in [-0.3, -0.25) is 4.90 Å². The van der Waals surface area contributed by atoms with E-state index in [1.165, 1.54) is 17.6 Å². The molecule has 6 nitrogen and oxygen atoms in total. The lowest BCUT2D eigenvalue weighted by atomic mass is 10.5. The molecule has 0 aromatic carbocycles. The third kappa shape index (κ3) is 6.27. The molecule has 18 heavy (non-hydrogen) atoms. The lowest BCUT2D eigenvalue weighted by Gasteiger charge is -2.13. The van der Waals surface area contributed by atoms with Crippen molar-refractivity contribution >= 4 is 26.3 Å². The Morgan fingerprint density at radius 1 is 1.39 bits per heavy atom. The van der Waals surface area contributed by atoms with Crippen LogP contribution in [-0.2, 0) is 16.4 Å². The van der Waals surface area contributed by atoms with E-state index in [0.29, 0.717) is 13.1 Å². The normalized spacial score (nSPS) is 12.0. The molecule has 0 aliphatic rings. The summed E-state index contributed by atoms with van der Waals surface area (Å²) in [6, 6.07) is 0. The van der Waals surface area contributed by atoms with Gasteiger partial charge in [0.15, 0.2) is 0 Å². The highest BCUT2D eigenvalue weighted by Crippen LogP contribution is 2.16. The molecule has 0 radical (unpaired) electrons. The molecule has 1 rings (SSSR count). The Balaban J connectivity index is 2.39. The minimum Gasteiger partial charge on any atom is -0.360 e. The molecule has 1 aromatic rings. The lowest BCUT2D eigenvalue weighted by molar-refractivity contribution is 0.344. The first-order valence-electron chi connectivity index (χ1n) is 5.83. The Bertz CT molecular complexity index is 458. The largest absolute Gasteiger partial charge is 0.360 e. The lowest BCUT2D eigenvalue weighted by Crippen LogP contribution is -2.24. The monoisotopic (exact) mass is 292 g/mol. The number of hydrogen-bond donors (Lipinski definition) is 1. The fourth-order valence-corrected chi connectivity index (χ4v) is 2.74. The summed E-state index contributed by atoms with van der Waals surface area (Å²) in [5, 5.41) is 13.0. The van der Waals surface area contributed by atoms with Gasteiger partial charge in [0.2, 0.25) is 5.13 Å². The molecule has 0 unspecified atom stereocenters. The van der Waals surface area contributed by atoms with Crippen LogP contribution in [0.5, 0.6) is 0 Å². The Kier molecular flexibility index (Phi) is 5.97. The van der Waals surface area contributed by atoms with Gasteiger partial charge in [0.1, 0.15) is 14.8 Å². The van der Waals surface area contributed by atoms with Crippen LogP contribution in [-0.4, -0.2) is 55.7 Å². The summed E-state index contributed by atoms with van der Waals surface area (Å²) in [4.78, 5) is 1.94. The second-order valence-corrected chi connectivity index (χ2v) is 7.62. The van der Waals surface area contributed by atoms with E-state index in [1.54, 1.807) is 0 Å². The smallest absolute Gasteiger partial charge is 0.205 e. The first-order valence-corrected chi connectivity index (χ1v) is 8.71. The van der Waals surface area contributed by atoms with Gasteiger partial charge in [-0.1, -0.05) is 18.3 Å². The number of aromatic nitrogens is 2. The van der Waals surface area contributed by atoms with Gasteiger partial charge in [-0.25, -0.2) is 8.42 Å². The number of nitrogens with zero attached hydrogens (tertiary/aromatic N) is 3. The van der Waals surface area contributed by atoms with Crippen LogP contribution in [0.15, 0.2) is 0 Å². The number of nitrogens with one attached hydrogen (secondary N) is 1. The number of rotatable bonds is 8. The second-order valence-electron chi connectivity index (χ2n) is 4.30. The van der Waals surface area contributed by atoms with Crippen molar-refractivity contribution in [2.45, 2.75) is 19.9 Å². The van der Waals surface area contributed by atoms with E-state index in [0.717, 1.165) is 23.1 Å². The molecule has 0 atom stereocenters. The standard InChI is InChI=1S/C10H20N4O2S2/c1-4-5-11-10-13-12-9(17-10)8-14(2)6-7-18(3,15)16/h4-8H2,1-3H3,(H,11,13). The van der Waals surface area contributed by atoms with Crippen molar-refractivity contribution in [1.29, 1.82) is 0 Å². The maximum atomic E-state index is 11.0. The van der Waals surface area contributed by atoms with Crippen LogP contribution in [0.25, 0.3) is 0 Å². The van der Waals surface area contributed by atoms with Gasteiger partial charge in [0.25, 0.3) is 0 Å². The zero-order valence-electron chi connectivity index (χ0n) is 11.0. The van der Waals surface area contributed by atoms with Crippen LogP contribution in [0.2, 0.25) is 0 Å². The first-order chi connectivity index (χ1) is 8.40. The van der Waals surface area contributed by atoms with Gasteiger partial charge < -0.3 is 5.32 Å². The molecule has 0 spiro atoms. The van der Waals surface area contributed by atoms with Crippen LogP contribution in [0.1, 0.15) is 18.4 Å². The number of hydrogen-bond acceptors (Lipinski definition) is 7. The maximum Gasteiger partial charge on any atom is 0.205 e. The minimum atomic E-state index is -2.90. The van der Waals surface area contributed by atoms with Crippen molar-refractivity contribution < 1.29 is 8.42 Å². The molecular formula is C10H20N4O2S2. The van der Waals surface area contributed by atoms with Gasteiger partial charge in [0.05, 0.1) is 12.3 Å². The maximum absolute atomic E-state index is 11.0. The Morgan fingerprint density at radius 2 is 2.11 bits per heavy atom. The van der Waals surface area contributed by atoms with Gasteiger partial charge in [-0.15, -0.1) is 10.2 Å². The Morgan fingerprint density at radius 3 is 2.72 bits per heavy atom. The van der Waals surface area contributed by atoms with Crippen LogP contribution in [0.3, 0.4) is 0 Å². The van der Waals surface area contributed by atoms with Crippen LogP contribution in [0, 0.1) is 0 Å². The molecule has 0 aliphatic carbocycles. The van der Waals surface area contributed by atoms with E-state index in [4.69, 9.17) is 0 Å². The highest BCUT2D eigenvalue weighted by Gasteiger charge is 2.09. The number of sulfone groups is 1. The predicted octanol–water partition coefficient (Wildman–Crippen LogP) is 0.836. The molecule has 0 saturated carbocycles. The van der Waals surface area contributed by atoms with Crippen molar-refractivity contribution in [3.8, 4) is 0 Å². The zero-order valence-corrected chi connectivity index (χ0v) is 12.6. The van der Waals surface area contributed by atoms with Crippen molar-refractivity contribution in [1.82, 2.24) is 15.1 Å². The molecule has 104 valence electrons. The van der Waals surface area contributed by atoms with Crippen molar-refractivity contribution in [2.75, 3.05) is 37.5 Å². The first kappa shape index (κ1) is 15.3. The fourth-order valence-electron chi connectivity index (χ4n) is 1.25. The van der Waals surface area contributed by atoms with Crippen LogP contribution in [0.4, 0.5) is 5.13 Å². The van der Waals surface area contributed by atoms with Crippen LogP contribution >= 0.6 is 11.3 Å². The third-order valence-electron chi connectivity index (χ3n) is 2.24. The quantitative estimate of drug-likeness (QED) is 0.765. The molecule has 0 bridgehead atoms. The topological polar surface area (TPSA) is 75.2 Å². The van der Waals surface area contributed by atoms with E-state index in [1.807, 2.05) is 11.9 Å². The number of anilines is 1. The molecule has 0 amide bonds. The molecule has 8 heteroatoms. The zero-order chi connectivity index (χ0) is 13.6. The molecule has 0 saturated heterocycles. The second kappa shape index (κ2) is 7.01. The SMILES string of the molecule is CCCNc1nnc(CN(C)CCS(C)(=O)=O)s1. The molecule has 1 heterocycles. The summed E-state index contributed by atoms with van der Waals surface area (Å²) in [5.41, 5.74) is 0. The van der Waals surface area contributed by atoms with E-state index in [-0.39, 0.29) is 5.75 Å². The molecule has 0 fully saturated rings. The van der Waals surface area contributed by atoms with Gasteiger partial charge in [-0.2, -0.15) is 0 Å². The van der Waals surface area contributed by atoms with E-state index < -0.39 is 9.84 Å². The molecular weight excluding hydrogens is 272 g/mol. The Hall–Kier alpha value is -0.730. The average molecular weight is 292 g/mol. The predicted molar refractivity (Wildman–Crippen MR) is 74.7 cm³/mol. The molecule has 1 N–H and O–H groups in total. The van der Waals surface area contributed by atoms with Crippen molar-refractivity contribution in [3.63, 3.8) is 0 Å². The summed E-state index contributed by atoms with van der Waals surface area (Å²) in [6.45, 7) is 4.11. The van der Waals surface area contributed by atoms with Gasteiger partial charge in [-0.05, 0) is 13.5 Å². The fraction of sp³-hybridized carbons (Fsp3) is 0.800. The highest BCUT2D eigenvalue weighted by molar-refractivity contribution is 7.90. The van der Waals surface area contributed by atoms with Crippen molar-refractivity contribution in [3.05, 3.63) is 5.01 Å². The molecule has 1 aromatic heterocycles. The summed E-state index contributed by atoms with van der Waals surface area (Å²) < 4.78 is 22.1. The van der Waals surface area contributed by atoms with Gasteiger partial charge in [0, 0.05) is 19.3 Å².